The van der Waals surface area contributed by atoms with Gasteiger partial charge in [-0.3, -0.25) is 14.9 Å². The second-order valence-electron chi connectivity index (χ2n) is 3.81. The fourth-order valence-electron chi connectivity index (χ4n) is 1.55. The summed E-state index contributed by atoms with van der Waals surface area (Å²) < 4.78 is 0. The molecule has 0 spiro atoms. The van der Waals surface area contributed by atoms with Crippen LogP contribution in [0.15, 0.2) is 36.5 Å². The first kappa shape index (κ1) is 13.8. The Kier molecular flexibility index (Phi) is 3.81. The van der Waals surface area contributed by atoms with Gasteiger partial charge in [0.15, 0.2) is 5.69 Å². The van der Waals surface area contributed by atoms with E-state index in [-0.39, 0.29) is 27.8 Å². The minimum Gasteiger partial charge on any atom is -0.397 e. The number of amides is 1. The van der Waals surface area contributed by atoms with Crippen LogP contribution in [0.4, 0.5) is 17.1 Å². The number of carbonyl (C=O) groups excluding carboxylic acids is 1. The van der Waals surface area contributed by atoms with E-state index in [9.17, 15) is 14.9 Å². The molecule has 7 nitrogen and oxygen atoms in total. The average Bonchev–Trinajstić information content (AvgIpc) is 2.41. The molecule has 2 rings (SSSR count). The third-order valence-corrected chi connectivity index (χ3v) is 2.69. The molecule has 0 atom stereocenters. The van der Waals surface area contributed by atoms with Crippen molar-refractivity contribution in [2.24, 2.45) is 0 Å². The van der Waals surface area contributed by atoms with Gasteiger partial charge in [-0.2, -0.15) is 0 Å². The van der Waals surface area contributed by atoms with Crippen LogP contribution in [0.5, 0.6) is 0 Å². The molecule has 20 heavy (non-hydrogen) atoms. The van der Waals surface area contributed by atoms with Gasteiger partial charge in [-0.25, -0.2) is 4.98 Å². The standard InChI is InChI=1S/C12H9ClN4O3/c13-7-3-4-9(10(6-7)17(19)20)16-12(18)11-8(14)2-1-5-15-11/h1-6H,14H2,(H,16,18). The largest absolute Gasteiger partial charge is 0.397 e. The van der Waals surface area contributed by atoms with Crippen molar-refractivity contribution in [3.63, 3.8) is 0 Å². The van der Waals surface area contributed by atoms with Crippen LogP contribution in [0.2, 0.25) is 5.02 Å². The number of nitrogen functional groups attached to an aromatic ring is 1. The van der Waals surface area contributed by atoms with E-state index < -0.39 is 10.8 Å². The van der Waals surface area contributed by atoms with Crippen LogP contribution >= 0.6 is 11.6 Å². The first-order valence-electron chi connectivity index (χ1n) is 5.45. The number of nitro groups is 1. The molecule has 0 fully saturated rings. The molecular formula is C12H9ClN4O3. The van der Waals surface area contributed by atoms with Crippen molar-refractivity contribution in [1.82, 2.24) is 4.98 Å². The number of halogens is 1. The number of benzene rings is 1. The van der Waals surface area contributed by atoms with Crippen molar-refractivity contribution in [3.8, 4) is 0 Å². The van der Waals surface area contributed by atoms with Gasteiger partial charge >= 0.3 is 0 Å². The first-order chi connectivity index (χ1) is 9.49. The lowest BCUT2D eigenvalue weighted by molar-refractivity contribution is -0.383. The zero-order valence-corrected chi connectivity index (χ0v) is 10.8. The number of hydrogen-bond donors (Lipinski definition) is 2. The predicted octanol–water partition coefficient (Wildman–Crippen LogP) is 2.48. The normalized spacial score (nSPS) is 10.1. The van der Waals surface area contributed by atoms with E-state index in [0.717, 1.165) is 6.07 Å². The van der Waals surface area contributed by atoms with E-state index in [1.807, 2.05) is 0 Å². The molecule has 0 aliphatic carbocycles. The molecule has 0 saturated carbocycles. The van der Waals surface area contributed by atoms with Gasteiger partial charge in [0.1, 0.15) is 5.69 Å². The van der Waals surface area contributed by atoms with Gasteiger partial charge in [0.25, 0.3) is 11.6 Å². The minimum atomic E-state index is -0.636. The summed E-state index contributed by atoms with van der Waals surface area (Å²) >= 11 is 5.69. The molecule has 0 bridgehead atoms. The van der Waals surface area contributed by atoms with Gasteiger partial charge in [-0.1, -0.05) is 11.6 Å². The maximum atomic E-state index is 12.0. The molecule has 0 saturated heterocycles. The smallest absolute Gasteiger partial charge is 0.294 e. The number of carbonyl (C=O) groups is 1. The Morgan fingerprint density at radius 1 is 1.40 bits per heavy atom. The number of nitrogens with zero attached hydrogens (tertiary/aromatic N) is 2. The van der Waals surface area contributed by atoms with Gasteiger partial charge in [0.2, 0.25) is 0 Å². The highest BCUT2D eigenvalue weighted by molar-refractivity contribution is 6.31. The Labute approximate surface area is 118 Å². The van der Waals surface area contributed by atoms with Gasteiger partial charge in [-0.15, -0.1) is 0 Å². The number of hydrogen-bond acceptors (Lipinski definition) is 5. The van der Waals surface area contributed by atoms with Crippen LogP contribution in [-0.4, -0.2) is 15.8 Å². The first-order valence-corrected chi connectivity index (χ1v) is 5.82. The number of anilines is 2. The molecule has 8 heteroatoms. The zero-order chi connectivity index (χ0) is 14.7. The Morgan fingerprint density at radius 2 is 2.15 bits per heavy atom. The van der Waals surface area contributed by atoms with Gasteiger partial charge in [-0.05, 0) is 24.3 Å². The van der Waals surface area contributed by atoms with Crippen molar-refractivity contribution in [2.75, 3.05) is 11.1 Å². The lowest BCUT2D eigenvalue weighted by Crippen LogP contribution is -2.16. The number of nitro benzene ring substituents is 1. The summed E-state index contributed by atoms with van der Waals surface area (Å²) in [5, 5.41) is 13.5. The molecule has 0 aliphatic heterocycles. The summed E-state index contributed by atoms with van der Waals surface area (Å²) in [7, 11) is 0. The average molecular weight is 293 g/mol. The summed E-state index contributed by atoms with van der Waals surface area (Å²) in [4.78, 5) is 26.1. The maximum absolute atomic E-state index is 12.0. The van der Waals surface area contributed by atoms with Crippen LogP contribution < -0.4 is 11.1 Å². The topological polar surface area (TPSA) is 111 Å². The molecular weight excluding hydrogens is 284 g/mol. The molecule has 0 aliphatic rings. The molecule has 1 heterocycles. The predicted molar refractivity (Wildman–Crippen MR) is 74.7 cm³/mol. The molecule has 3 N–H and O–H groups in total. The van der Waals surface area contributed by atoms with Crippen molar-refractivity contribution >= 4 is 34.6 Å². The van der Waals surface area contributed by atoms with Crippen LogP contribution in [0.3, 0.4) is 0 Å². The number of pyridine rings is 1. The Bertz CT molecular complexity index is 690. The molecule has 0 radical (unpaired) electrons. The highest BCUT2D eigenvalue weighted by atomic mass is 35.5. The highest BCUT2D eigenvalue weighted by Crippen LogP contribution is 2.28. The molecule has 1 aromatic heterocycles. The fraction of sp³-hybridized carbons (Fsp3) is 0. The van der Waals surface area contributed by atoms with E-state index >= 15 is 0 Å². The van der Waals surface area contributed by atoms with Crippen molar-refractivity contribution in [3.05, 3.63) is 57.4 Å². The monoisotopic (exact) mass is 292 g/mol. The molecule has 2 aromatic rings. The summed E-state index contributed by atoms with van der Waals surface area (Å²) in [6.07, 6.45) is 1.40. The Hall–Kier alpha value is -2.67. The third-order valence-electron chi connectivity index (χ3n) is 2.46. The second kappa shape index (κ2) is 5.54. The van der Waals surface area contributed by atoms with E-state index in [1.54, 1.807) is 6.07 Å². The van der Waals surface area contributed by atoms with Gasteiger partial charge in [0, 0.05) is 17.3 Å². The number of nitrogens with two attached hydrogens (primary N) is 1. The highest BCUT2D eigenvalue weighted by Gasteiger charge is 2.18. The maximum Gasteiger partial charge on any atom is 0.294 e. The van der Waals surface area contributed by atoms with Crippen molar-refractivity contribution in [2.45, 2.75) is 0 Å². The van der Waals surface area contributed by atoms with Crippen molar-refractivity contribution < 1.29 is 9.72 Å². The van der Waals surface area contributed by atoms with Crippen molar-refractivity contribution in [1.29, 1.82) is 0 Å². The summed E-state index contributed by atoms with van der Waals surface area (Å²) in [6.45, 7) is 0. The van der Waals surface area contributed by atoms with E-state index in [0.29, 0.717) is 0 Å². The van der Waals surface area contributed by atoms with Crippen LogP contribution in [0, 0.1) is 10.1 Å². The SMILES string of the molecule is Nc1cccnc1C(=O)Nc1ccc(Cl)cc1[N+](=O)[O-]. The van der Waals surface area contributed by atoms with Crippen LogP contribution in [0.25, 0.3) is 0 Å². The number of nitrogens with one attached hydrogen (secondary N) is 1. The summed E-state index contributed by atoms with van der Waals surface area (Å²) in [5.41, 5.74) is 5.52. The van der Waals surface area contributed by atoms with Crippen LogP contribution in [-0.2, 0) is 0 Å². The van der Waals surface area contributed by atoms with Crippen LogP contribution in [0.1, 0.15) is 10.5 Å². The number of rotatable bonds is 3. The molecule has 0 unspecified atom stereocenters. The van der Waals surface area contributed by atoms with Gasteiger partial charge in [0.05, 0.1) is 10.6 Å². The second-order valence-corrected chi connectivity index (χ2v) is 4.25. The van der Waals surface area contributed by atoms with E-state index in [4.69, 9.17) is 17.3 Å². The summed E-state index contributed by atoms with van der Waals surface area (Å²) in [6, 6.07) is 7.03. The van der Waals surface area contributed by atoms with Gasteiger partial charge < -0.3 is 11.1 Å². The Balaban J connectivity index is 2.33. The number of aromatic nitrogens is 1. The lowest BCUT2D eigenvalue weighted by Gasteiger charge is -2.07. The fourth-order valence-corrected chi connectivity index (χ4v) is 1.72. The Morgan fingerprint density at radius 3 is 2.80 bits per heavy atom. The molecule has 102 valence electrons. The van der Waals surface area contributed by atoms with E-state index in [1.165, 1.54) is 24.4 Å². The summed E-state index contributed by atoms with van der Waals surface area (Å²) in [5.74, 6) is -0.631. The minimum absolute atomic E-state index is 0.00301. The lowest BCUT2D eigenvalue weighted by atomic mass is 10.2. The molecule has 1 aromatic carbocycles. The van der Waals surface area contributed by atoms with E-state index in [2.05, 4.69) is 10.3 Å². The zero-order valence-electron chi connectivity index (χ0n) is 10.0. The quantitative estimate of drug-likeness (QED) is 0.667. The molecule has 1 amide bonds. The third kappa shape index (κ3) is 2.83.